The van der Waals surface area contributed by atoms with E-state index in [1.54, 1.807) is 12.1 Å². The van der Waals surface area contributed by atoms with Crippen LogP contribution < -0.4 is 4.74 Å². The van der Waals surface area contributed by atoms with Crippen molar-refractivity contribution in [3.05, 3.63) is 46.5 Å². The molecule has 1 aromatic carbocycles. The molecule has 4 heteroatoms. The molecule has 0 aromatic heterocycles. The monoisotopic (exact) mass is 178 g/mol. The molecule has 67 valence electrons. The third-order valence-electron chi connectivity index (χ3n) is 1.59. The predicted octanol–water partition coefficient (Wildman–Crippen LogP) is 1.94. The molecular weight excluding hydrogens is 170 g/mol. The molecule has 0 amide bonds. The van der Waals surface area contributed by atoms with Crippen LogP contribution in [0.4, 0.5) is 5.69 Å². The number of nitrogens with zero attached hydrogens (tertiary/aromatic N) is 1. The number of benzene rings is 1. The molecule has 13 heavy (non-hydrogen) atoms. The van der Waals surface area contributed by atoms with Gasteiger partial charge >= 0.3 is 5.69 Å². The molecule has 0 spiro atoms. The number of nitro groups is 1. The summed E-state index contributed by atoms with van der Waals surface area (Å²) < 4.78 is 4.88. The third kappa shape index (κ3) is 1.66. The van der Waals surface area contributed by atoms with Gasteiger partial charge in [0.2, 0.25) is 5.75 Å². The Morgan fingerprint density at radius 2 is 2.31 bits per heavy atom. The van der Waals surface area contributed by atoms with E-state index in [0.717, 1.165) is 0 Å². The molecule has 0 bridgehead atoms. The van der Waals surface area contributed by atoms with Crippen molar-refractivity contribution in [3.8, 4) is 5.75 Å². The van der Waals surface area contributed by atoms with Gasteiger partial charge in [0, 0.05) is 11.6 Å². The molecule has 1 radical (unpaired) electrons. The van der Waals surface area contributed by atoms with Crippen LogP contribution >= 0.6 is 0 Å². The summed E-state index contributed by atoms with van der Waals surface area (Å²) in [6.45, 7) is 3.41. The van der Waals surface area contributed by atoms with Crippen LogP contribution in [0.1, 0.15) is 5.56 Å². The van der Waals surface area contributed by atoms with Gasteiger partial charge in [-0.15, -0.1) is 0 Å². The van der Waals surface area contributed by atoms with E-state index >= 15 is 0 Å². The molecule has 0 aliphatic rings. The Balaban J connectivity index is 3.35. The fraction of sp³-hybridized carbons (Fsp3) is 0.111. The molecule has 0 aliphatic heterocycles. The molecule has 0 atom stereocenters. The lowest BCUT2D eigenvalue weighted by molar-refractivity contribution is -0.385. The van der Waals surface area contributed by atoms with Crippen LogP contribution in [-0.4, -0.2) is 12.0 Å². The van der Waals surface area contributed by atoms with E-state index in [2.05, 4.69) is 12.7 Å². The first-order valence-electron chi connectivity index (χ1n) is 3.55. The van der Waals surface area contributed by atoms with Gasteiger partial charge in [0.25, 0.3) is 0 Å². The lowest BCUT2D eigenvalue weighted by Crippen LogP contribution is -1.95. The van der Waals surface area contributed by atoms with Crippen LogP contribution in [0.3, 0.4) is 0 Å². The summed E-state index contributed by atoms with van der Waals surface area (Å²) in [6.07, 6.45) is 2.56. The SMILES string of the molecule is C=[C]c1cccc([N+](=O)[O-])c1OC. The van der Waals surface area contributed by atoms with E-state index in [4.69, 9.17) is 4.74 Å². The number of hydrogen-bond donors (Lipinski definition) is 0. The molecular formula is C9H8NO3. The van der Waals surface area contributed by atoms with Crippen molar-refractivity contribution in [2.45, 2.75) is 0 Å². The zero-order valence-electron chi connectivity index (χ0n) is 7.11. The molecule has 0 aliphatic carbocycles. The van der Waals surface area contributed by atoms with Gasteiger partial charge in [-0.25, -0.2) is 0 Å². The fourth-order valence-electron chi connectivity index (χ4n) is 1.02. The lowest BCUT2D eigenvalue weighted by atomic mass is 10.2. The Labute approximate surface area is 75.6 Å². The van der Waals surface area contributed by atoms with Crippen molar-refractivity contribution < 1.29 is 9.66 Å². The standard InChI is InChI=1S/C9H8NO3/c1-3-7-5-4-6-8(10(11)12)9(7)13-2/h4-6H,1H2,2H3. The molecule has 0 heterocycles. The summed E-state index contributed by atoms with van der Waals surface area (Å²) >= 11 is 0. The Hall–Kier alpha value is -1.84. The van der Waals surface area contributed by atoms with Crippen LogP contribution in [0.2, 0.25) is 0 Å². The maximum absolute atomic E-state index is 10.5. The minimum atomic E-state index is -0.500. The highest BCUT2D eigenvalue weighted by Crippen LogP contribution is 2.30. The van der Waals surface area contributed by atoms with Crippen molar-refractivity contribution in [2.75, 3.05) is 7.11 Å². The van der Waals surface area contributed by atoms with Crippen molar-refractivity contribution in [1.29, 1.82) is 0 Å². The van der Waals surface area contributed by atoms with Crippen molar-refractivity contribution in [2.24, 2.45) is 0 Å². The summed E-state index contributed by atoms with van der Waals surface area (Å²) in [4.78, 5) is 10.0. The highest BCUT2D eigenvalue weighted by Gasteiger charge is 2.16. The minimum Gasteiger partial charge on any atom is -0.490 e. The highest BCUT2D eigenvalue weighted by molar-refractivity contribution is 5.53. The maximum Gasteiger partial charge on any atom is 0.311 e. The number of methoxy groups -OCH3 is 1. The molecule has 0 fully saturated rings. The van der Waals surface area contributed by atoms with Gasteiger partial charge in [-0.3, -0.25) is 10.1 Å². The third-order valence-corrected chi connectivity index (χ3v) is 1.59. The normalized spacial score (nSPS) is 9.31. The Kier molecular flexibility index (Phi) is 2.64. The number of ether oxygens (including phenoxy) is 1. The molecule has 1 aromatic rings. The summed E-state index contributed by atoms with van der Waals surface area (Å²) in [5.41, 5.74) is 0.424. The van der Waals surface area contributed by atoms with Crippen LogP contribution in [-0.2, 0) is 0 Å². The van der Waals surface area contributed by atoms with Gasteiger partial charge in [0.1, 0.15) is 0 Å². The number of hydrogen-bond acceptors (Lipinski definition) is 3. The van der Waals surface area contributed by atoms with Crippen LogP contribution in [0, 0.1) is 16.2 Å². The van der Waals surface area contributed by atoms with Crippen LogP contribution in [0.15, 0.2) is 24.8 Å². The van der Waals surface area contributed by atoms with Crippen molar-refractivity contribution >= 4 is 5.69 Å². The van der Waals surface area contributed by atoms with Crippen molar-refractivity contribution in [1.82, 2.24) is 0 Å². The number of para-hydroxylation sites is 1. The molecule has 4 nitrogen and oxygen atoms in total. The van der Waals surface area contributed by atoms with Gasteiger partial charge in [-0.05, 0) is 6.08 Å². The first kappa shape index (κ1) is 9.25. The van der Waals surface area contributed by atoms with E-state index in [-0.39, 0.29) is 11.4 Å². The van der Waals surface area contributed by atoms with Gasteiger partial charge in [0.05, 0.1) is 12.0 Å². The Bertz CT molecular complexity index is 347. The van der Waals surface area contributed by atoms with Gasteiger partial charge in [-0.1, -0.05) is 18.7 Å². The largest absolute Gasteiger partial charge is 0.490 e. The maximum atomic E-state index is 10.5. The van der Waals surface area contributed by atoms with Crippen molar-refractivity contribution in [3.63, 3.8) is 0 Å². The lowest BCUT2D eigenvalue weighted by Gasteiger charge is -2.03. The second-order valence-electron chi connectivity index (χ2n) is 2.29. The zero-order valence-corrected chi connectivity index (χ0v) is 7.11. The van der Waals surface area contributed by atoms with E-state index in [1.807, 2.05) is 0 Å². The number of nitro benzene ring substituents is 1. The predicted molar refractivity (Wildman–Crippen MR) is 47.6 cm³/mol. The summed E-state index contributed by atoms with van der Waals surface area (Å²) in [7, 11) is 1.38. The average molecular weight is 178 g/mol. The van der Waals surface area contributed by atoms with Gasteiger partial charge in [-0.2, -0.15) is 0 Å². The first-order valence-corrected chi connectivity index (χ1v) is 3.55. The first-order chi connectivity index (χ1) is 6.20. The summed E-state index contributed by atoms with van der Waals surface area (Å²) in [5, 5.41) is 10.5. The summed E-state index contributed by atoms with van der Waals surface area (Å²) in [5.74, 6) is 0.197. The van der Waals surface area contributed by atoms with E-state index in [0.29, 0.717) is 5.56 Å². The quantitative estimate of drug-likeness (QED) is 0.525. The smallest absolute Gasteiger partial charge is 0.311 e. The van der Waals surface area contributed by atoms with Crippen LogP contribution in [0.25, 0.3) is 0 Å². The molecule has 0 saturated carbocycles. The molecule has 0 unspecified atom stereocenters. The zero-order chi connectivity index (χ0) is 9.84. The van der Waals surface area contributed by atoms with Gasteiger partial charge < -0.3 is 4.74 Å². The second kappa shape index (κ2) is 3.71. The topological polar surface area (TPSA) is 52.4 Å². The van der Waals surface area contributed by atoms with Crippen LogP contribution in [0.5, 0.6) is 5.75 Å². The van der Waals surface area contributed by atoms with E-state index < -0.39 is 4.92 Å². The summed E-state index contributed by atoms with van der Waals surface area (Å²) in [6, 6.07) is 4.59. The van der Waals surface area contributed by atoms with E-state index in [1.165, 1.54) is 13.2 Å². The molecule has 0 N–H and O–H groups in total. The Morgan fingerprint density at radius 3 is 2.77 bits per heavy atom. The van der Waals surface area contributed by atoms with E-state index in [9.17, 15) is 10.1 Å². The van der Waals surface area contributed by atoms with Gasteiger partial charge in [0.15, 0.2) is 0 Å². The minimum absolute atomic E-state index is 0.0730. The fourth-order valence-corrected chi connectivity index (χ4v) is 1.02. The molecule has 0 saturated heterocycles. The second-order valence-corrected chi connectivity index (χ2v) is 2.29. The Morgan fingerprint density at radius 1 is 1.62 bits per heavy atom. The number of rotatable bonds is 3. The average Bonchev–Trinajstić information content (AvgIpc) is 2.16. The molecule has 1 rings (SSSR count). The highest BCUT2D eigenvalue weighted by atomic mass is 16.6.